The van der Waals surface area contributed by atoms with Crippen LogP contribution in [-0.4, -0.2) is 6.04 Å². The van der Waals surface area contributed by atoms with Crippen LogP contribution in [-0.2, 0) is 0 Å². The molecule has 1 nitrogen and oxygen atoms in total. The fourth-order valence-corrected chi connectivity index (χ4v) is 2.86. The fourth-order valence-electron chi connectivity index (χ4n) is 2.86. The van der Waals surface area contributed by atoms with Gasteiger partial charge in [0.1, 0.15) is 0 Å². The van der Waals surface area contributed by atoms with E-state index in [1.165, 1.54) is 31.4 Å². The first-order valence-electron chi connectivity index (χ1n) is 7.02. The first-order valence-corrected chi connectivity index (χ1v) is 7.02. The lowest BCUT2D eigenvalue weighted by atomic mass is 9.79. The molecule has 18 heavy (non-hydrogen) atoms. The van der Waals surface area contributed by atoms with Gasteiger partial charge < -0.3 is 5.32 Å². The molecule has 0 spiro atoms. The van der Waals surface area contributed by atoms with Crippen molar-refractivity contribution in [2.24, 2.45) is 11.8 Å². The third kappa shape index (κ3) is 3.29. The van der Waals surface area contributed by atoms with Crippen molar-refractivity contribution in [1.29, 1.82) is 0 Å². The lowest BCUT2D eigenvalue weighted by molar-refractivity contribution is 0.267. The molecule has 96 valence electrons. The summed E-state index contributed by atoms with van der Waals surface area (Å²) in [5.41, 5.74) is 2.12. The molecule has 0 aromatic heterocycles. The van der Waals surface area contributed by atoms with Gasteiger partial charge in [-0.25, -0.2) is 0 Å². The molecule has 0 unspecified atom stereocenters. The topological polar surface area (TPSA) is 12.0 Å². The van der Waals surface area contributed by atoms with Gasteiger partial charge in [-0.05, 0) is 55.7 Å². The van der Waals surface area contributed by atoms with Gasteiger partial charge in [0, 0.05) is 17.3 Å². The second kappa shape index (κ2) is 5.96. The van der Waals surface area contributed by atoms with E-state index in [1.807, 2.05) is 12.1 Å². The van der Waals surface area contributed by atoms with Crippen LogP contribution in [0.1, 0.15) is 45.1 Å². The summed E-state index contributed by atoms with van der Waals surface area (Å²) in [7, 11) is 0. The van der Waals surface area contributed by atoms with Crippen LogP contribution in [0.3, 0.4) is 0 Å². The van der Waals surface area contributed by atoms with Crippen LogP contribution in [0.5, 0.6) is 0 Å². The normalized spacial score (nSPS) is 23.7. The van der Waals surface area contributed by atoms with E-state index in [9.17, 15) is 0 Å². The molecule has 0 radical (unpaired) electrons. The van der Waals surface area contributed by atoms with Crippen LogP contribution in [0.4, 0.5) is 5.69 Å². The van der Waals surface area contributed by atoms with Crippen molar-refractivity contribution >= 4 is 5.69 Å². The minimum Gasteiger partial charge on any atom is -0.382 e. The van der Waals surface area contributed by atoms with Gasteiger partial charge in [0.2, 0.25) is 0 Å². The molecule has 1 aromatic carbocycles. The van der Waals surface area contributed by atoms with Crippen LogP contribution >= 0.6 is 0 Å². The van der Waals surface area contributed by atoms with Gasteiger partial charge in [0.15, 0.2) is 0 Å². The molecule has 0 saturated heterocycles. The van der Waals surface area contributed by atoms with Gasteiger partial charge in [0.05, 0.1) is 0 Å². The average Bonchev–Trinajstić information content (AvgIpc) is 2.39. The van der Waals surface area contributed by atoms with Gasteiger partial charge in [-0.1, -0.05) is 25.8 Å². The van der Waals surface area contributed by atoms with E-state index < -0.39 is 0 Å². The summed E-state index contributed by atoms with van der Waals surface area (Å²) in [5, 5.41) is 3.62. The number of terminal acetylenes is 1. The molecule has 2 rings (SSSR count). The van der Waals surface area contributed by atoms with E-state index in [-0.39, 0.29) is 0 Å². The SMILES string of the molecule is C#Cc1cccc(NC2CCC(C(C)C)CC2)c1. The molecule has 1 aliphatic carbocycles. The summed E-state index contributed by atoms with van der Waals surface area (Å²) >= 11 is 0. The largest absolute Gasteiger partial charge is 0.382 e. The fraction of sp³-hybridized carbons (Fsp3) is 0.529. The van der Waals surface area contributed by atoms with Crippen molar-refractivity contribution in [1.82, 2.24) is 0 Å². The second-order valence-corrected chi connectivity index (χ2v) is 5.73. The summed E-state index contributed by atoms with van der Waals surface area (Å²) in [6.07, 6.45) is 10.7. The molecule has 0 heterocycles. The first-order chi connectivity index (χ1) is 8.69. The molecule has 1 N–H and O–H groups in total. The zero-order valence-corrected chi connectivity index (χ0v) is 11.4. The van der Waals surface area contributed by atoms with E-state index >= 15 is 0 Å². The molecular formula is C17H23N. The smallest absolute Gasteiger partial charge is 0.0354 e. The Morgan fingerprint density at radius 1 is 1.22 bits per heavy atom. The Balaban J connectivity index is 1.90. The van der Waals surface area contributed by atoms with Gasteiger partial charge in [-0.2, -0.15) is 0 Å². The van der Waals surface area contributed by atoms with Crippen molar-refractivity contribution in [2.75, 3.05) is 5.32 Å². The van der Waals surface area contributed by atoms with E-state index in [2.05, 4.69) is 37.2 Å². The molecule has 1 saturated carbocycles. The molecule has 1 fully saturated rings. The number of anilines is 1. The minimum absolute atomic E-state index is 0.619. The number of rotatable bonds is 3. The molecule has 0 bridgehead atoms. The summed E-state index contributed by atoms with van der Waals surface area (Å²) in [5.74, 6) is 4.43. The molecule has 1 heteroatoms. The van der Waals surface area contributed by atoms with Crippen LogP contribution in [0.25, 0.3) is 0 Å². The summed E-state index contributed by atoms with van der Waals surface area (Å²) in [6.45, 7) is 4.68. The van der Waals surface area contributed by atoms with Crippen molar-refractivity contribution < 1.29 is 0 Å². The predicted octanol–water partition coefficient (Wildman–Crippen LogP) is 4.29. The van der Waals surface area contributed by atoms with E-state index in [0.717, 1.165) is 17.4 Å². The highest BCUT2D eigenvalue weighted by Gasteiger charge is 2.22. The quantitative estimate of drug-likeness (QED) is 0.778. The Labute approximate surface area is 111 Å². The van der Waals surface area contributed by atoms with Crippen LogP contribution in [0.2, 0.25) is 0 Å². The summed E-state index contributed by atoms with van der Waals surface area (Å²) < 4.78 is 0. The van der Waals surface area contributed by atoms with Crippen LogP contribution in [0, 0.1) is 24.2 Å². The highest BCUT2D eigenvalue weighted by molar-refractivity contribution is 5.50. The van der Waals surface area contributed by atoms with Crippen LogP contribution < -0.4 is 5.32 Å². The maximum atomic E-state index is 5.43. The Bertz CT molecular complexity index is 419. The maximum absolute atomic E-state index is 5.43. The number of nitrogens with one attached hydrogen (secondary N) is 1. The van der Waals surface area contributed by atoms with E-state index in [0.29, 0.717) is 6.04 Å². The summed E-state index contributed by atoms with van der Waals surface area (Å²) in [4.78, 5) is 0. The predicted molar refractivity (Wildman–Crippen MR) is 78.6 cm³/mol. The monoisotopic (exact) mass is 241 g/mol. The Morgan fingerprint density at radius 3 is 2.56 bits per heavy atom. The van der Waals surface area contributed by atoms with Gasteiger partial charge in [-0.3, -0.25) is 0 Å². The Kier molecular flexibility index (Phi) is 4.31. The maximum Gasteiger partial charge on any atom is 0.0354 e. The molecule has 1 aromatic rings. The van der Waals surface area contributed by atoms with E-state index in [1.54, 1.807) is 0 Å². The zero-order chi connectivity index (χ0) is 13.0. The van der Waals surface area contributed by atoms with Crippen LogP contribution in [0.15, 0.2) is 24.3 Å². The third-order valence-electron chi connectivity index (χ3n) is 4.11. The standard InChI is InChI=1S/C17H23N/c1-4-14-6-5-7-17(12-14)18-16-10-8-15(9-11-16)13(2)3/h1,5-7,12-13,15-16,18H,8-11H2,2-3H3. The van der Waals surface area contributed by atoms with Gasteiger partial charge >= 0.3 is 0 Å². The van der Waals surface area contributed by atoms with Gasteiger partial charge in [-0.15, -0.1) is 6.42 Å². The lowest BCUT2D eigenvalue weighted by Crippen LogP contribution is -2.27. The van der Waals surface area contributed by atoms with Crippen molar-refractivity contribution in [2.45, 2.75) is 45.6 Å². The molecular weight excluding hydrogens is 218 g/mol. The number of benzene rings is 1. The second-order valence-electron chi connectivity index (χ2n) is 5.73. The third-order valence-corrected chi connectivity index (χ3v) is 4.11. The highest BCUT2D eigenvalue weighted by Crippen LogP contribution is 2.31. The minimum atomic E-state index is 0.619. The van der Waals surface area contributed by atoms with E-state index in [4.69, 9.17) is 6.42 Å². The van der Waals surface area contributed by atoms with Crippen molar-refractivity contribution in [3.05, 3.63) is 29.8 Å². The highest BCUT2D eigenvalue weighted by atomic mass is 14.9. The number of hydrogen-bond donors (Lipinski definition) is 1. The zero-order valence-electron chi connectivity index (χ0n) is 11.4. The molecule has 1 aliphatic rings. The molecule has 0 atom stereocenters. The summed E-state index contributed by atoms with van der Waals surface area (Å²) in [6, 6.07) is 8.79. The first kappa shape index (κ1) is 13.0. The number of hydrogen-bond acceptors (Lipinski definition) is 1. The van der Waals surface area contributed by atoms with Gasteiger partial charge in [0.25, 0.3) is 0 Å². The molecule has 0 amide bonds. The van der Waals surface area contributed by atoms with Crippen molar-refractivity contribution in [3.63, 3.8) is 0 Å². The lowest BCUT2D eigenvalue weighted by Gasteiger charge is -2.31. The molecule has 0 aliphatic heterocycles. The van der Waals surface area contributed by atoms with Crippen molar-refractivity contribution in [3.8, 4) is 12.3 Å². The average molecular weight is 241 g/mol. The Morgan fingerprint density at radius 2 is 1.94 bits per heavy atom. The Hall–Kier alpha value is -1.42.